The first-order chi connectivity index (χ1) is 11.5. The highest BCUT2D eigenvalue weighted by atomic mass is 35.5. The van der Waals surface area contributed by atoms with E-state index in [9.17, 15) is 5.11 Å². The average Bonchev–Trinajstić information content (AvgIpc) is 2.72. The van der Waals surface area contributed by atoms with Crippen molar-refractivity contribution in [3.05, 3.63) is 34.9 Å². The SMILES string of the molecule is CN1CCN(CC2CCCCCC2(O)Cc2cccc(Cl)c2)CC1. The molecule has 1 N–H and O–H groups in total. The summed E-state index contributed by atoms with van der Waals surface area (Å²) < 4.78 is 0. The normalized spacial score (nSPS) is 30.2. The van der Waals surface area contributed by atoms with Crippen molar-refractivity contribution in [1.29, 1.82) is 0 Å². The van der Waals surface area contributed by atoms with Crippen LogP contribution in [-0.4, -0.2) is 60.3 Å². The number of aliphatic hydroxyl groups is 1. The molecule has 1 aromatic rings. The molecule has 1 aromatic carbocycles. The summed E-state index contributed by atoms with van der Waals surface area (Å²) in [4.78, 5) is 4.95. The van der Waals surface area contributed by atoms with Crippen LogP contribution in [0.5, 0.6) is 0 Å². The smallest absolute Gasteiger partial charge is 0.0728 e. The molecule has 2 unspecified atom stereocenters. The van der Waals surface area contributed by atoms with Crippen LogP contribution >= 0.6 is 11.6 Å². The van der Waals surface area contributed by atoms with Gasteiger partial charge in [-0.25, -0.2) is 0 Å². The van der Waals surface area contributed by atoms with Crippen LogP contribution in [0.1, 0.15) is 37.7 Å². The molecule has 0 aromatic heterocycles. The van der Waals surface area contributed by atoms with E-state index in [1.165, 1.54) is 12.8 Å². The van der Waals surface area contributed by atoms with Crippen LogP contribution in [-0.2, 0) is 6.42 Å². The fraction of sp³-hybridized carbons (Fsp3) is 0.700. The lowest BCUT2D eigenvalue weighted by molar-refractivity contribution is -0.0405. The van der Waals surface area contributed by atoms with Gasteiger partial charge >= 0.3 is 0 Å². The number of halogens is 1. The van der Waals surface area contributed by atoms with E-state index in [1.807, 2.05) is 18.2 Å². The van der Waals surface area contributed by atoms with E-state index in [2.05, 4.69) is 22.9 Å². The van der Waals surface area contributed by atoms with Gasteiger partial charge in [0.1, 0.15) is 0 Å². The molecule has 24 heavy (non-hydrogen) atoms. The van der Waals surface area contributed by atoms with Crippen molar-refractivity contribution in [1.82, 2.24) is 9.80 Å². The molecule has 1 heterocycles. The molecule has 3 nitrogen and oxygen atoms in total. The lowest BCUT2D eigenvalue weighted by Gasteiger charge is -2.40. The average molecular weight is 351 g/mol. The van der Waals surface area contributed by atoms with Crippen LogP contribution in [0.25, 0.3) is 0 Å². The highest BCUT2D eigenvalue weighted by Gasteiger charge is 2.38. The summed E-state index contributed by atoms with van der Waals surface area (Å²) in [6.07, 6.45) is 6.41. The maximum atomic E-state index is 11.6. The molecule has 1 aliphatic heterocycles. The minimum absolute atomic E-state index is 0.363. The van der Waals surface area contributed by atoms with Gasteiger partial charge in [-0.1, -0.05) is 43.0 Å². The van der Waals surface area contributed by atoms with Crippen molar-refractivity contribution in [2.24, 2.45) is 5.92 Å². The molecule has 2 fully saturated rings. The Balaban J connectivity index is 1.71. The van der Waals surface area contributed by atoms with Gasteiger partial charge < -0.3 is 14.9 Å². The Morgan fingerprint density at radius 2 is 1.96 bits per heavy atom. The molecular formula is C20H31ClN2O. The number of nitrogens with zero attached hydrogens (tertiary/aromatic N) is 2. The van der Waals surface area contributed by atoms with Gasteiger partial charge in [0.05, 0.1) is 5.60 Å². The number of hydrogen-bond acceptors (Lipinski definition) is 3. The first-order valence-electron chi connectivity index (χ1n) is 9.43. The first-order valence-corrected chi connectivity index (χ1v) is 9.81. The Labute approximate surface area is 151 Å². The molecule has 1 aliphatic carbocycles. The second kappa shape index (κ2) is 8.18. The zero-order chi connectivity index (χ0) is 17.0. The second-order valence-electron chi connectivity index (χ2n) is 7.81. The summed E-state index contributed by atoms with van der Waals surface area (Å²) in [6.45, 7) is 5.56. The third-order valence-corrected chi connectivity index (χ3v) is 6.13. The summed E-state index contributed by atoms with van der Waals surface area (Å²) in [5.74, 6) is 0.363. The van der Waals surface area contributed by atoms with Crippen molar-refractivity contribution in [3.8, 4) is 0 Å². The Morgan fingerprint density at radius 1 is 1.17 bits per heavy atom. The third kappa shape index (κ3) is 4.72. The molecule has 0 bridgehead atoms. The number of piperazine rings is 1. The van der Waals surface area contributed by atoms with Gasteiger partial charge in [-0.3, -0.25) is 0 Å². The Bertz CT molecular complexity index is 530. The second-order valence-corrected chi connectivity index (χ2v) is 8.25. The van der Waals surface area contributed by atoms with E-state index in [1.54, 1.807) is 0 Å². The summed E-state index contributed by atoms with van der Waals surface area (Å²) in [6, 6.07) is 8.01. The predicted molar refractivity (Wildman–Crippen MR) is 101 cm³/mol. The first kappa shape index (κ1) is 18.2. The van der Waals surface area contributed by atoms with E-state index in [0.29, 0.717) is 5.92 Å². The van der Waals surface area contributed by atoms with Crippen molar-refractivity contribution < 1.29 is 5.11 Å². The molecule has 0 amide bonds. The largest absolute Gasteiger partial charge is 0.389 e. The molecule has 4 heteroatoms. The van der Waals surface area contributed by atoms with E-state index in [0.717, 1.165) is 69.0 Å². The summed E-state index contributed by atoms with van der Waals surface area (Å²) in [5.41, 5.74) is 0.570. The number of rotatable bonds is 4. The highest BCUT2D eigenvalue weighted by molar-refractivity contribution is 6.30. The van der Waals surface area contributed by atoms with E-state index in [4.69, 9.17) is 11.6 Å². The maximum Gasteiger partial charge on any atom is 0.0728 e. The van der Waals surface area contributed by atoms with Gasteiger partial charge in [-0.05, 0) is 37.6 Å². The van der Waals surface area contributed by atoms with Gasteiger partial charge in [0.25, 0.3) is 0 Å². The summed E-state index contributed by atoms with van der Waals surface area (Å²) >= 11 is 6.15. The Kier molecular flexibility index (Phi) is 6.20. The standard InChI is InChI=1S/C20H31ClN2O/c1-22-10-12-23(13-11-22)16-18-7-3-2-4-9-20(18,24)15-17-6-5-8-19(21)14-17/h5-6,8,14,18,24H,2-4,7,9-13,15-16H2,1H3. The fourth-order valence-corrected chi connectivity index (χ4v) is 4.52. The molecule has 2 aliphatic rings. The van der Waals surface area contributed by atoms with Gasteiger partial charge in [0, 0.05) is 50.1 Å². The topological polar surface area (TPSA) is 26.7 Å². The molecule has 3 rings (SSSR count). The molecule has 2 atom stereocenters. The lowest BCUT2D eigenvalue weighted by Crippen LogP contribution is -2.50. The van der Waals surface area contributed by atoms with Crippen LogP contribution in [0.2, 0.25) is 5.02 Å². The van der Waals surface area contributed by atoms with Crippen LogP contribution in [0.15, 0.2) is 24.3 Å². The molecule has 0 radical (unpaired) electrons. The molecular weight excluding hydrogens is 320 g/mol. The molecule has 134 valence electrons. The quantitative estimate of drug-likeness (QED) is 0.843. The molecule has 1 saturated heterocycles. The van der Waals surface area contributed by atoms with Crippen LogP contribution in [0, 0.1) is 5.92 Å². The summed E-state index contributed by atoms with van der Waals surface area (Å²) in [5, 5.41) is 12.3. The predicted octanol–water partition coefficient (Wildman–Crippen LogP) is 3.44. The minimum atomic E-state index is -0.593. The van der Waals surface area contributed by atoms with E-state index in [-0.39, 0.29) is 0 Å². The van der Waals surface area contributed by atoms with Gasteiger partial charge in [0.15, 0.2) is 0 Å². The van der Waals surface area contributed by atoms with Crippen molar-refractivity contribution in [2.75, 3.05) is 39.8 Å². The van der Waals surface area contributed by atoms with Crippen LogP contribution < -0.4 is 0 Å². The number of likely N-dealkylation sites (N-methyl/N-ethyl adjacent to an activating group) is 1. The minimum Gasteiger partial charge on any atom is -0.389 e. The Hall–Kier alpha value is -0.610. The maximum absolute atomic E-state index is 11.6. The third-order valence-electron chi connectivity index (χ3n) is 5.90. The number of benzene rings is 1. The highest BCUT2D eigenvalue weighted by Crippen LogP contribution is 2.36. The van der Waals surface area contributed by atoms with Gasteiger partial charge in [-0.15, -0.1) is 0 Å². The Morgan fingerprint density at radius 3 is 2.71 bits per heavy atom. The summed E-state index contributed by atoms with van der Waals surface area (Å²) in [7, 11) is 2.19. The zero-order valence-electron chi connectivity index (χ0n) is 14.9. The molecule has 0 spiro atoms. The lowest BCUT2D eigenvalue weighted by atomic mass is 9.78. The number of hydrogen-bond donors (Lipinski definition) is 1. The van der Waals surface area contributed by atoms with Crippen molar-refractivity contribution in [2.45, 2.75) is 44.1 Å². The fourth-order valence-electron chi connectivity index (χ4n) is 4.31. The van der Waals surface area contributed by atoms with Crippen LogP contribution in [0.4, 0.5) is 0 Å². The van der Waals surface area contributed by atoms with Crippen molar-refractivity contribution in [3.63, 3.8) is 0 Å². The molecule has 1 saturated carbocycles. The van der Waals surface area contributed by atoms with Gasteiger partial charge in [0.2, 0.25) is 0 Å². The zero-order valence-corrected chi connectivity index (χ0v) is 15.6. The van der Waals surface area contributed by atoms with Crippen LogP contribution in [0.3, 0.4) is 0 Å². The van der Waals surface area contributed by atoms with Gasteiger partial charge in [-0.2, -0.15) is 0 Å². The monoisotopic (exact) mass is 350 g/mol. The van der Waals surface area contributed by atoms with Crippen molar-refractivity contribution >= 4 is 11.6 Å². The van der Waals surface area contributed by atoms with E-state index < -0.39 is 5.60 Å². The van der Waals surface area contributed by atoms with E-state index >= 15 is 0 Å².